The van der Waals surface area contributed by atoms with Gasteiger partial charge in [0.1, 0.15) is 37.9 Å². The summed E-state index contributed by atoms with van der Waals surface area (Å²) in [5, 5.41) is 2.15. The van der Waals surface area contributed by atoms with Crippen LogP contribution < -0.4 is 9.47 Å². The molecule has 0 saturated heterocycles. The average molecular weight is 371 g/mol. The number of ether oxygens (including phenoxy) is 2. The molecule has 0 aromatic heterocycles. The number of hydrogen-bond donors (Lipinski definition) is 0. The second kappa shape index (κ2) is 9.88. The summed E-state index contributed by atoms with van der Waals surface area (Å²) in [6.45, 7) is 0.964. The van der Waals surface area contributed by atoms with Crippen LogP contribution in [0, 0.1) is 0 Å². The first-order valence-corrected chi connectivity index (χ1v) is 9.44. The van der Waals surface area contributed by atoms with Crippen molar-refractivity contribution in [2.75, 3.05) is 26.4 Å². The Morgan fingerprint density at radius 3 is 2.12 bits per heavy atom. The van der Waals surface area contributed by atoms with E-state index in [0.717, 1.165) is 22.3 Å². The standard InChI is InChI=1S/C20H20O5P/c21-26(24-15-13-22-18-9-2-1-3-10-18)25-16-14-23-20-12-6-8-17-7-4-5-11-19(17)20/h1-12H,13-16H2/q+1. The maximum absolute atomic E-state index is 11.7. The summed E-state index contributed by atoms with van der Waals surface area (Å²) in [6, 6.07) is 23.2. The second-order valence-electron chi connectivity index (χ2n) is 5.38. The molecule has 0 aliphatic heterocycles. The van der Waals surface area contributed by atoms with Gasteiger partial charge in [-0.25, -0.2) is 0 Å². The largest absolute Gasteiger partial charge is 0.697 e. The van der Waals surface area contributed by atoms with Crippen molar-refractivity contribution in [3.63, 3.8) is 0 Å². The second-order valence-corrected chi connectivity index (χ2v) is 6.34. The average Bonchev–Trinajstić information content (AvgIpc) is 2.69. The first-order valence-electron chi connectivity index (χ1n) is 8.34. The van der Waals surface area contributed by atoms with Gasteiger partial charge in [0.15, 0.2) is 0 Å². The first kappa shape index (κ1) is 18.3. The molecule has 1 atom stereocenters. The molecule has 5 nitrogen and oxygen atoms in total. The van der Waals surface area contributed by atoms with Gasteiger partial charge < -0.3 is 9.47 Å². The molecule has 0 aliphatic rings. The minimum atomic E-state index is -2.19. The Morgan fingerprint density at radius 1 is 0.654 bits per heavy atom. The van der Waals surface area contributed by atoms with Crippen molar-refractivity contribution in [2.45, 2.75) is 0 Å². The Bertz CT molecular complexity index is 832. The van der Waals surface area contributed by atoms with E-state index in [4.69, 9.17) is 18.5 Å². The van der Waals surface area contributed by atoms with E-state index in [0.29, 0.717) is 13.2 Å². The molecule has 0 saturated carbocycles. The molecule has 3 aromatic carbocycles. The lowest BCUT2D eigenvalue weighted by Crippen LogP contribution is -2.06. The molecular weight excluding hydrogens is 351 g/mol. The molecular formula is C20H20O5P+. The van der Waals surface area contributed by atoms with Crippen molar-refractivity contribution in [1.82, 2.24) is 0 Å². The lowest BCUT2D eigenvalue weighted by molar-refractivity contribution is 0.166. The molecule has 1 unspecified atom stereocenters. The molecule has 3 aromatic rings. The third-order valence-electron chi connectivity index (χ3n) is 3.58. The SMILES string of the molecule is O=[P+](OCCOc1ccccc1)OCCOc1cccc2ccccc12. The van der Waals surface area contributed by atoms with Crippen molar-refractivity contribution in [2.24, 2.45) is 0 Å². The zero-order valence-corrected chi connectivity index (χ0v) is 15.1. The van der Waals surface area contributed by atoms with Gasteiger partial charge in [-0.1, -0.05) is 54.6 Å². The van der Waals surface area contributed by atoms with E-state index in [1.807, 2.05) is 72.8 Å². The van der Waals surface area contributed by atoms with Crippen LogP contribution in [0.15, 0.2) is 72.8 Å². The van der Waals surface area contributed by atoms with E-state index in [-0.39, 0.29) is 13.2 Å². The maximum Gasteiger partial charge on any atom is 0.697 e. The van der Waals surface area contributed by atoms with Crippen LogP contribution in [0.25, 0.3) is 10.8 Å². The van der Waals surface area contributed by atoms with Gasteiger partial charge in [0.05, 0.1) is 0 Å². The summed E-state index contributed by atoms with van der Waals surface area (Å²) >= 11 is 0. The molecule has 0 amide bonds. The monoisotopic (exact) mass is 371 g/mol. The van der Waals surface area contributed by atoms with E-state index in [1.54, 1.807) is 0 Å². The summed E-state index contributed by atoms with van der Waals surface area (Å²) in [6.07, 6.45) is 0. The lowest BCUT2D eigenvalue weighted by atomic mass is 10.1. The number of para-hydroxylation sites is 1. The van der Waals surface area contributed by atoms with Gasteiger partial charge in [0.2, 0.25) is 0 Å². The van der Waals surface area contributed by atoms with E-state index in [1.165, 1.54) is 0 Å². The zero-order chi connectivity index (χ0) is 18.0. The molecule has 134 valence electrons. The summed E-state index contributed by atoms with van der Waals surface area (Å²) in [5.74, 6) is 1.52. The molecule has 6 heteroatoms. The fourth-order valence-corrected chi connectivity index (χ4v) is 2.93. The van der Waals surface area contributed by atoms with Crippen LogP contribution in [0.5, 0.6) is 11.5 Å². The predicted octanol–water partition coefficient (Wildman–Crippen LogP) is 4.99. The van der Waals surface area contributed by atoms with Gasteiger partial charge in [-0.05, 0) is 23.6 Å². The zero-order valence-electron chi connectivity index (χ0n) is 14.2. The highest BCUT2D eigenvalue weighted by molar-refractivity contribution is 7.33. The van der Waals surface area contributed by atoms with Gasteiger partial charge in [-0.3, -0.25) is 0 Å². The molecule has 3 rings (SSSR count). The van der Waals surface area contributed by atoms with E-state index in [9.17, 15) is 4.57 Å². The quantitative estimate of drug-likeness (QED) is 0.371. The normalized spacial score (nSPS) is 11.3. The summed E-state index contributed by atoms with van der Waals surface area (Å²) < 4.78 is 33.1. The fraction of sp³-hybridized carbons (Fsp3) is 0.200. The van der Waals surface area contributed by atoms with E-state index >= 15 is 0 Å². The third kappa shape index (κ3) is 5.53. The number of hydrogen-bond acceptors (Lipinski definition) is 5. The Labute approximate surface area is 153 Å². The maximum atomic E-state index is 11.7. The van der Waals surface area contributed by atoms with Crippen molar-refractivity contribution in [3.8, 4) is 11.5 Å². The van der Waals surface area contributed by atoms with E-state index < -0.39 is 8.25 Å². The van der Waals surface area contributed by atoms with Crippen LogP contribution in [0.1, 0.15) is 0 Å². The molecule has 0 N–H and O–H groups in total. The Balaban J connectivity index is 1.32. The van der Waals surface area contributed by atoms with Gasteiger partial charge in [0, 0.05) is 9.95 Å². The predicted molar refractivity (Wildman–Crippen MR) is 101 cm³/mol. The van der Waals surface area contributed by atoms with Crippen LogP contribution in [0.4, 0.5) is 0 Å². The minimum Gasteiger partial charge on any atom is -0.491 e. The van der Waals surface area contributed by atoms with Crippen molar-refractivity contribution < 1.29 is 23.1 Å². The van der Waals surface area contributed by atoms with Crippen LogP contribution >= 0.6 is 8.25 Å². The molecule has 0 fully saturated rings. The molecule has 0 spiro atoms. The highest BCUT2D eigenvalue weighted by atomic mass is 31.1. The Morgan fingerprint density at radius 2 is 1.31 bits per heavy atom. The molecule has 0 bridgehead atoms. The third-order valence-corrected chi connectivity index (χ3v) is 4.37. The molecule has 0 aliphatic carbocycles. The summed E-state index contributed by atoms with van der Waals surface area (Å²) in [4.78, 5) is 0. The minimum absolute atomic E-state index is 0.179. The van der Waals surface area contributed by atoms with Gasteiger partial charge in [-0.2, -0.15) is 0 Å². The van der Waals surface area contributed by atoms with Gasteiger partial charge in [0.25, 0.3) is 0 Å². The summed E-state index contributed by atoms with van der Waals surface area (Å²) in [5.41, 5.74) is 0. The highest BCUT2D eigenvalue weighted by Crippen LogP contribution is 2.26. The molecule has 26 heavy (non-hydrogen) atoms. The van der Waals surface area contributed by atoms with Gasteiger partial charge in [-0.15, -0.1) is 9.05 Å². The highest BCUT2D eigenvalue weighted by Gasteiger charge is 2.20. The number of benzene rings is 3. The van der Waals surface area contributed by atoms with Crippen LogP contribution in [-0.2, 0) is 13.6 Å². The van der Waals surface area contributed by atoms with Crippen molar-refractivity contribution in [1.29, 1.82) is 0 Å². The molecule has 0 heterocycles. The smallest absolute Gasteiger partial charge is 0.491 e. The van der Waals surface area contributed by atoms with Crippen molar-refractivity contribution in [3.05, 3.63) is 72.8 Å². The van der Waals surface area contributed by atoms with Crippen LogP contribution in [0.2, 0.25) is 0 Å². The van der Waals surface area contributed by atoms with Crippen molar-refractivity contribution >= 4 is 19.0 Å². The topological polar surface area (TPSA) is 54.0 Å². The first-order chi connectivity index (χ1) is 12.8. The molecule has 0 radical (unpaired) electrons. The van der Waals surface area contributed by atoms with E-state index in [2.05, 4.69) is 0 Å². The summed E-state index contributed by atoms with van der Waals surface area (Å²) in [7, 11) is -2.19. The fourth-order valence-electron chi connectivity index (χ4n) is 2.41. The Hall–Kier alpha value is -2.46. The van der Waals surface area contributed by atoms with Crippen LogP contribution in [-0.4, -0.2) is 26.4 Å². The number of fused-ring (bicyclic) bond motifs is 1. The lowest BCUT2D eigenvalue weighted by Gasteiger charge is -2.07. The van der Waals surface area contributed by atoms with Crippen LogP contribution in [0.3, 0.4) is 0 Å². The van der Waals surface area contributed by atoms with Gasteiger partial charge >= 0.3 is 8.25 Å². The Kier molecular flexibility index (Phi) is 6.96. The number of rotatable bonds is 10.